The van der Waals surface area contributed by atoms with E-state index < -0.39 is 33.6 Å². The van der Waals surface area contributed by atoms with Crippen LogP contribution in [0.1, 0.15) is 37.1 Å². The molecule has 0 fully saturated rings. The maximum absolute atomic E-state index is 14.0. The van der Waals surface area contributed by atoms with Crippen LogP contribution in [0.2, 0.25) is 0 Å². The Morgan fingerprint density at radius 1 is 1.21 bits per heavy atom. The maximum atomic E-state index is 14.0. The van der Waals surface area contributed by atoms with E-state index in [1.807, 2.05) is 11.6 Å². The van der Waals surface area contributed by atoms with E-state index in [1.54, 1.807) is 6.92 Å². The van der Waals surface area contributed by atoms with Gasteiger partial charge in [0.1, 0.15) is 17.3 Å². The average molecular weight is 489 g/mol. The van der Waals surface area contributed by atoms with Crippen LogP contribution >= 0.6 is 0 Å². The number of hydrogen-bond acceptors (Lipinski definition) is 5. The molecule has 0 spiro atoms. The van der Waals surface area contributed by atoms with Crippen molar-refractivity contribution in [1.82, 2.24) is 10.3 Å². The van der Waals surface area contributed by atoms with Gasteiger partial charge in [0.15, 0.2) is 0 Å². The third-order valence-electron chi connectivity index (χ3n) is 4.42. The van der Waals surface area contributed by atoms with Gasteiger partial charge in [-0.1, -0.05) is 13.0 Å². The zero-order valence-electron chi connectivity index (χ0n) is 18.1. The number of sulfonamides is 1. The number of carbonyl (C=O) groups is 1. The Balaban J connectivity index is 2.10. The number of rotatable bonds is 9. The van der Waals surface area contributed by atoms with Crippen LogP contribution in [-0.2, 0) is 27.5 Å². The highest BCUT2D eigenvalue weighted by Crippen LogP contribution is 2.30. The van der Waals surface area contributed by atoms with Gasteiger partial charge in [-0.3, -0.25) is 9.52 Å². The smallest absolute Gasteiger partial charge is 0.367 e. The number of nitrogens with zero attached hydrogens (tertiary/aromatic N) is 1. The molecule has 12 heteroatoms. The minimum atomic E-state index is -4.60. The number of alkyl halides is 3. The number of anilines is 2. The van der Waals surface area contributed by atoms with E-state index in [0.717, 1.165) is 24.5 Å². The SMILES string of the molecule is CCC(C)Nc1nc(C(F)(F)F)ccc1/C=C/C(=O)NCc1ccc(NS(C)(=O)=O)c(F)c1. The van der Waals surface area contributed by atoms with Crippen LogP contribution in [0.5, 0.6) is 0 Å². The molecule has 1 atom stereocenters. The molecule has 1 unspecified atom stereocenters. The average Bonchev–Trinajstić information content (AvgIpc) is 2.71. The molecule has 0 aliphatic carbocycles. The van der Waals surface area contributed by atoms with E-state index in [1.165, 1.54) is 24.3 Å². The first-order valence-corrected chi connectivity index (χ1v) is 11.7. The Morgan fingerprint density at radius 2 is 1.91 bits per heavy atom. The molecule has 0 radical (unpaired) electrons. The summed E-state index contributed by atoms with van der Waals surface area (Å²) in [6, 6.07) is 5.65. The summed E-state index contributed by atoms with van der Waals surface area (Å²) in [4.78, 5) is 15.8. The molecule has 33 heavy (non-hydrogen) atoms. The molecule has 1 aromatic heterocycles. The summed E-state index contributed by atoms with van der Waals surface area (Å²) in [6.07, 6.45) is -0.609. The molecular formula is C21H24F4N4O3S. The van der Waals surface area contributed by atoms with Gasteiger partial charge in [-0.25, -0.2) is 17.8 Å². The quantitative estimate of drug-likeness (QED) is 0.364. The summed E-state index contributed by atoms with van der Waals surface area (Å²) >= 11 is 0. The van der Waals surface area contributed by atoms with Crippen LogP contribution in [-0.4, -0.2) is 31.6 Å². The first-order chi connectivity index (χ1) is 15.3. The largest absolute Gasteiger partial charge is 0.433 e. The summed E-state index contributed by atoms with van der Waals surface area (Å²) in [7, 11) is -3.64. The Kier molecular flexibility index (Phi) is 8.42. The molecule has 0 bridgehead atoms. The fraction of sp³-hybridized carbons (Fsp3) is 0.333. The van der Waals surface area contributed by atoms with E-state index in [4.69, 9.17) is 0 Å². The predicted octanol–water partition coefficient (Wildman–Crippen LogP) is 4.15. The Hall–Kier alpha value is -3.15. The van der Waals surface area contributed by atoms with Gasteiger partial charge >= 0.3 is 6.18 Å². The van der Waals surface area contributed by atoms with Gasteiger partial charge in [0.2, 0.25) is 15.9 Å². The molecule has 1 aromatic carbocycles. The highest BCUT2D eigenvalue weighted by molar-refractivity contribution is 7.92. The van der Waals surface area contributed by atoms with Gasteiger partial charge in [-0.05, 0) is 49.2 Å². The second-order valence-electron chi connectivity index (χ2n) is 7.33. The molecule has 0 aliphatic heterocycles. The van der Waals surface area contributed by atoms with Gasteiger partial charge in [-0.15, -0.1) is 0 Å². The van der Waals surface area contributed by atoms with E-state index in [-0.39, 0.29) is 24.1 Å². The van der Waals surface area contributed by atoms with Crippen LogP contribution in [0, 0.1) is 5.82 Å². The van der Waals surface area contributed by atoms with Crippen molar-refractivity contribution >= 4 is 33.5 Å². The molecule has 0 saturated carbocycles. The Morgan fingerprint density at radius 3 is 2.48 bits per heavy atom. The number of aromatic nitrogens is 1. The van der Waals surface area contributed by atoms with Crippen molar-refractivity contribution in [2.45, 2.75) is 39.0 Å². The molecule has 7 nitrogen and oxygen atoms in total. The zero-order chi connectivity index (χ0) is 24.8. The summed E-state index contributed by atoms with van der Waals surface area (Å²) in [5, 5.41) is 5.42. The lowest BCUT2D eigenvalue weighted by Gasteiger charge is -2.16. The van der Waals surface area contributed by atoms with Gasteiger partial charge in [0.25, 0.3) is 0 Å². The standard InChI is InChI=1S/C21H24F4N4O3S/c1-4-13(2)27-20-15(6-9-18(28-20)21(23,24)25)7-10-19(30)26-12-14-5-8-17(16(22)11-14)29-33(3,31)32/h5-11,13,29H,4,12H2,1-3H3,(H,26,30)(H,27,28)/b10-7+. The molecule has 2 aromatic rings. The first kappa shape index (κ1) is 26.1. The summed E-state index contributed by atoms with van der Waals surface area (Å²) in [5.74, 6) is -1.37. The van der Waals surface area contributed by atoms with Crippen molar-refractivity contribution in [2.75, 3.05) is 16.3 Å². The van der Waals surface area contributed by atoms with Crippen molar-refractivity contribution < 1.29 is 30.8 Å². The molecular weight excluding hydrogens is 464 g/mol. The summed E-state index contributed by atoms with van der Waals surface area (Å²) in [6.45, 7) is 3.60. The van der Waals surface area contributed by atoms with E-state index in [9.17, 15) is 30.8 Å². The number of nitrogens with one attached hydrogen (secondary N) is 3. The number of pyridine rings is 1. The summed E-state index contributed by atoms with van der Waals surface area (Å²) < 4.78 is 77.4. The van der Waals surface area contributed by atoms with Gasteiger partial charge in [0, 0.05) is 24.2 Å². The van der Waals surface area contributed by atoms with Crippen LogP contribution in [0.25, 0.3) is 6.08 Å². The van der Waals surface area contributed by atoms with Crippen molar-refractivity contribution in [3.05, 3.63) is 59.0 Å². The lowest BCUT2D eigenvalue weighted by molar-refractivity contribution is -0.141. The van der Waals surface area contributed by atoms with Gasteiger partial charge in [0.05, 0.1) is 11.9 Å². The molecule has 0 saturated heterocycles. The molecule has 1 heterocycles. The van der Waals surface area contributed by atoms with Crippen LogP contribution in [0.4, 0.5) is 29.1 Å². The fourth-order valence-electron chi connectivity index (χ4n) is 2.58. The second-order valence-corrected chi connectivity index (χ2v) is 9.07. The van der Waals surface area contributed by atoms with Gasteiger partial charge < -0.3 is 10.6 Å². The third kappa shape index (κ3) is 8.37. The molecule has 0 aliphatic rings. The highest BCUT2D eigenvalue weighted by Gasteiger charge is 2.33. The number of amides is 1. The van der Waals surface area contributed by atoms with Crippen molar-refractivity contribution in [1.29, 1.82) is 0 Å². The van der Waals surface area contributed by atoms with Crippen LogP contribution < -0.4 is 15.4 Å². The van der Waals surface area contributed by atoms with E-state index in [0.29, 0.717) is 17.5 Å². The lowest BCUT2D eigenvalue weighted by atomic mass is 10.1. The maximum Gasteiger partial charge on any atom is 0.433 e. The summed E-state index contributed by atoms with van der Waals surface area (Å²) in [5.41, 5.74) is -0.598. The van der Waals surface area contributed by atoms with Crippen molar-refractivity contribution in [3.63, 3.8) is 0 Å². The molecule has 3 N–H and O–H groups in total. The Labute approximate surface area is 189 Å². The predicted molar refractivity (Wildman–Crippen MR) is 118 cm³/mol. The molecule has 1 amide bonds. The first-order valence-electron chi connectivity index (χ1n) is 9.85. The van der Waals surface area contributed by atoms with Gasteiger partial charge in [-0.2, -0.15) is 13.2 Å². The lowest BCUT2D eigenvalue weighted by Crippen LogP contribution is -2.20. The van der Waals surface area contributed by atoms with Crippen molar-refractivity contribution in [2.24, 2.45) is 0 Å². The minimum absolute atomic E-state index is 0.000684. The number of carbonyl (C=O) groups excluding carboxylic acids is 1. The molecule has 180 valence electrons. The van der Waals surface area contributed by atoms with E-state index in [2.05, 4.69) is 15.6 Å². The molecule has 2 rings (SSSR count). The van der Waals surface area contributed by atoms with E-state index >= 15 is 0 Å². The fourth-order valence-corrected chi connectivity index (χ4v) is 3.14. The Bertz CT molecular complexity index is 1130. The van der Waals surface area contributed by atoms with Crippen LogP contribution in [0.15, 0.2) is 36.4 Å². The highest BCUT2D eigenvalue weighted by atomic mass is 32.2. The number of hydrogen-bond donors (Lipinski definition) is 3. The number of benzene rings is 1. The third-order valence-corrected chi connectivity index (χ3v) is 5.01. The normalized spacial score (nSPS) is 13.1. The zero-order valence-corrected chi connectivity index (χ0v) is 18.9. The minimum Gasteiger partial charge on any atom is -0.367 e. The van der Waals surface area contributed by atoms with Crippen LogP contribution in [0.3, 0.4) is 0 Å². The number of halogens is 4. The second kappa shape index (κ2) is 10.6. The van der Waals surface area contributed by atoms with Crippen molar-refractivity contribution in [3.8, 4) is 0 Å². The monoisotopic (exact) mass is 488 g/mol. The topological polar surface area (TPSA) is 100 Å².